The maximum Gasteiger partial charge on any atom is 0.416 e. The van der Waals surface area contributed by atoms with Gasteiger partial charge in [0.15, 0.2) is 0 Å². The van der Waals surface area contributed by atoms with Gasteiger partial charge >= 0.3 is 12.2 Å². The van der Waals surface area contributed by atoms with Crippen molar-refractivity contribution in [3.05, 3.63) is 101 Å². The molecule has 0 aliphatic carbocycles. The van der Waals surface area contributed by atoms with Crippen molar-refractivity contribution in [2.75, 3.05) is 11.9 Å². The number of amides is 2. The Morgan fingerprint density at radius 2 is 1.74 bits per heavy atom. The second-order valence-electron chi connectivity index (χ2n) is 9.46. The highest BCUT2D eigenvalue weighted by atomic mass is 35.5. The third-order valence-electron chi connectivity index (χ3n) is 5.83. The number of aromatic nitrogens is 2. The topological polar surface area (TPSA) is 59.4 Å². The molecular weight excluding hydrogens is 529 g/mol. The van der Waals surface area contributed by atoms with Gasteiger partial charge in [0.2, 0.25) is 5.88 Å². The van der Waals surface area contributed by atoms with Gasteiger partial charge in [0.1, 0.15) is 5.75 Å². The van der Waals surface area contributed by atoms with Gasteiger partial charge in [-0.05, 0) is 67.4 Å². The summed E-state index contributed by atoms with van der Waals surface area (Å²) < 4.78 is 46.8. The van der Waals surface area contributed by atoms with Crippen LogP contribution in [0, 0.1) is 12.8 Å². The minimum Gasteiger partial charge on any atom is -0.439 e. The van der Waals surface area contributed by atoms with Crippen LogP contribution in [0.15, 0.2) is 78.9 Å². The average Bonchev–Trinajstić information content (AvgIpc) is 3.18. The first kappa shape index (κ1) is 28.0. The average molecular weight is 557 g/mol. The highest BCUT2D eigenvalue weighted by Crippen LogP contribution is 2.33. The van der Waals surface area contributed by atoms with Gasteiger partial charge in [0.05, 0.1) is 29.1 Å². The van der Waals surface area contributed by atoms with Crippen LogP contribution in [0.3, 0.4) is 0 Å². The Morgan fingerprint density at radius 1 is 1.05 bits per heavy atom. The van der Waals surface area contributed by atoms with Crippen LogP contribution < -0.4 is 10.1 Å². The monoisotopic (exact) mass is 556 g/mol. The van der Waals surface area contributed by atoms with Gasteiger partial charge in [0, 0.05) is 17.3 Å². The number of ether oxygens (including phenoxy) is 1. The summed E-state index contributed by atoms with van der Waals surface area (Å²) in [4.78, 5) is 14.9. The predicted octanol–water partition coefficient (Wildman–Crippen LogP) is 8.34. The molecule has 0 radical (unpaired) electrons. The minimum absolute atomic E-state index is 0.116. The Bertz CT molecular complexity index is 1420. The molecule has 6 nitrogen and oxygen atoms in total. The molecular formula is C29H28ClF3N4O2. The van der Waals surface area contributed by atoms with Crippen molar-refractivity contribution in [3.63, 3.8) is 0 Å². The van der Waals surface area contributed by atoms with Crippen molar-refractivity contribution < 1.29 is 22.7 Å². The highest BCUT2D eigenvalue weighted by Gasteiger charge is 2.30. The first-order valence-electron chi connectivity index (χ1n) is 12.3. The van der Waals surface area contributed by atoms with E-state index in [1.54, 1.807) is 21.7 Å². The number of alkyl halides is 3. The molecule has 4 aromatic rings. The third-order valence-corrected chi connectivity index (χ3v) is 6.07. The van der Waals surface area contributed by atoms with Crippen LogP contribution in [-0.2, 0) is 12.7 Å². The maximum absolute atomic E-state index is 13.3. The van der Waals surface area contributed by atoms with E-state index in [1.165, 1.54) is 12.1 Å². The number of urea groups is 1. The summed E-state index contributed by atoms with van der Waals surface area (Å²) in [5, 5.41) is 7.94. The number of nitrogens with zero attached hydrogens (tertiary/aromatic N) is 3. The lowest BCUT2D eigenvalue weighted by Gasteiger charge is -2.25. The quantitative estimate of drug-likeness (QED) is 0.237. The molecule has 0 saturated heterocycles. The largest absolute Gasteiger partial charge is 0.439 e. The second-order valence-corrected chi connectivity index (χ2v) is 9.89. The summed E-state index contributed by atoms with van der Waals surface area (Å²) in [5.74, 6) is 1.13. The van der Waals surface area contributed by atoms with Crippen LogP contribution in [0.2, 0.25) is 5.02 Å². The molecule has 0 saturated carbocycles. The Hall–Kier alpha value is -3.98. The number of halogens is 4. The zero-order valence-corrected chi connectivity index (χ0v) is 22.4. The van der Waals surface area contributed by atoms with E-state index >= 15 is 0 Å². The van der Waals surface area contributed by atoms with Crippen molar-refractivity contribution in [1.29, 1.82) is 0 Å². The molecule has 0 atom stereocenters. The lowest BCUT2D eigenvalue weighted by Crippen LogP contribution is -2.37. The van der Waals surface area contributed by atoms with Crippen LogP contribution in [-0.4, -0.2) is 27.3 Å². The lowest BCUT2D eigenvalue weighted by molar-refractivity contribution is -0.137. The van der Waals surface area contributed by atoms with Crippen molar-refractivity contribution >= 4 is 23.3 Å². The standard InChI is InChI=1S/C29H28ClF3N4O2/c1-19(2)17-36(28(38)34-23-14-12-21(13-15-23)29(31,32)33)18-26-20(3)35-37(24-9-7-8-22(30)16-24)27(26)39-25-10-5-4-6-11-25/h4-16,19H,17-18H2,1-3H3,(H,34,38). The van der Waals surface area contributed by atoms with Gasteiger partial charge in [-0.25, -0.2) is 9.48 Å². The van der Waals surface area contributed by atoms with Gasteiger partial charge in [-0.15, -0.1) is 0 Å². The predicted molar refractivity (Wildman–Crippen MR) is 146 cm³/mol. The number of hydrogen-bond acceptors (Lipinski definition) is 3. The maximum atomic E-state index is 13.3. The van der Waals surface area contributed by atoms with E-state index in [9.17, 15) is 18.0 Å². The first-order valence-corrected chi connectivity index (χ1v) is 12.7. The third kappa shape index (κ3) is 7.11. The number of benzene rings is 3. The molecule has 0 fully saturated rings. The number of hydrogen-bond donors (Lipinski definition) is 1. The highest BCUT2D eigenvalue weighted by molar-refractivity contribution is 6.30. The summed E-state index contributed by atoms with van der Waals surface area (Å²) in [6, 6.07) is 20.3. The van der Waals surface area contributed by atoms with E-state index in [0.29, 0.717) is 40.1 Å². The summed E-state index contributed by atoms with van der Waals surface area (Å²) >= 11 is 6.24. The summed E-state index contributed by atoms with van der Waals surface area (Å²) in [5.41, 5.74) is 1.49. The fraction of sp³-hybridized carbons (Fsp3) is 0.241. The summed E-state index contributed by atoms with van der Waals surface area (Å²) in [6.07, 6.45) is -4.46. The van der Waals surface area contributed by atoms with Crippen molar-refractivity contribution in [1.82, 2.24) is 14.7 Å². The Kier molecular flexibility index (Phi) is 8.50. The number of carbonyl (C=O) groups is 1. The van der Waals surface area contributed by atoms with Crippen molar-refractivity contribution in [3.8, 4) is 17.3 Å². The molecule has 0 unspecified atom stereocenters. The number of nitrogens with one attached hydrogen (secondary N) is 1. The Morgan fingerprint density at radius 3 is 2.36 bits per heavy atom. The van der Waals surface area contributed by atoms with Gasteiger partial charge in [-0.2, -0.15) is 18.3 Å². The molecule has 204 valence electrons. The number of para-hydroxylation sites is 1. The van der Waals surface area contributed by atoms with Crippen molar-refractivity contribution in [2.45, 2.75) is 33.5 Å². The van der Waals surface area contributed by atoms with Crippen LogP contribution in [0.1, 0.15) is 30.7 Å². The second kappa shape index (κ2) is 11.8. The van der Waals surface area contributed by atoms with Crippen molar-refractivity contribution in [2.24, 2.45) is 5.92 Å². The molecule has 10 heteroatoms. The lowest BCUT2D eigenvalue weighted by atomic mass is 10.1. The molecule has 0 spiro atoms. The van der Waals surface area contributed by atoms with Crippen LogP contribution in [0.25, 0.3) is 5.69 Å². The molecule has 1 heterocycles. The number of anilines is 1. The molecule has 4 rings (SSSR count). The minimum atomic E-state index is -4.46. The SMILES string of the molecule is Cc1nn(-c2cccc(Cl)c2)c(Oc2ccccc2)c1CN(CC(C)C)C(=O)Nc1ccc(C(F)(F)F)cc1. The van der Waals surface area contributed by atoms with E-state index in [2.05, 4.69) is 5.32 Å². The van der Waals surface area contributed by atoms with Crippen LogP contribution >= 0.6 is 11.6 Å². The molecule has 2 amide bonds. The van der Waals surface area contributed by atoms with Crippen LogP contribution in [0.5, 0.6) is 11.6 Å². The zero-order chi connectivity index (χ0) is 28.2. The van der Waals surface area contributed by atoms with E-state index in [1.807, 2.05) is 63.2 Å². The molecule has 0 aliphatic rings. The van der Waals surface area contributed by atoms with E-state index in [-0.39, 0.29) is 18.2 Å². The fourth-order valence-corrected chi connectivity index (χ4v) is 4.19. The number of rotatable bonds is 8. The van der Waals surface area contributed by atoms with E-state index in [0.717, 1.165) is 12.1 Å². The summed E-state index contributed by atoms with van der Waals surface area (Å²) in [7, 11) is 0. The van der Waals surface area contributed by atoms with Gasteiger partial charge in [-0.3, -0.25) is 0 Å². The Balaban J connectivity index is 1.67. The molecule has 0 aliphatic heterocycles. The zero-order valence-electron chi connectivity index (χ0n) is 21.7. The van der Waals surface area contributed by atoms with Gasteiger partial charge in [-0.1, -0.05) is 49.7 Å². The number of carbonyl (C=O) groups excluding carboxylic acids is 1. The normalized spacial score (nSPS) is 11.5. The first-order chi connectivity index (χ1) is 18.5. The Labute approximate surface area is 230 Å². The smallest absolute Gasteiger partial charge is 0.416 e. The molecule has 0 bridgehead atoms. The fourth-order valence-electron chi connectivity index (χ4n) is 4.00. The van der Waals surface area contributed by atoms with E-state index in [4.69, 9.17) is 21.4 Å². The molecule has 39 heavy (non-hydrogen) atoms. The molecule has 1 N–H and O–H groups in total. The molecule has 3 aromatic carbocycles. The van der Waals surface area contributed by atoms with Crippen LogP contribution in [0.4, 0.5) is 23.7 Å². The van der Waals surface area contributed by atoms with Gasteiger partial charge in [0.25, 0.3) is 0 Å². The molecule has 1 aromatic heterocycles. The summed E-state index contributed by atoms with van der Waals surface area (Å²) in [6.45, 7) is 6.32. The van der Waals surface area contributed by atoms with Gasteiger partial charge < -0.3 is 15.0 Å². The number of aryl methyl sites for hydroxylation is 1. The van der Waals surface area contributed by atoms with E-state index < -0.39 is 17.8 Å².